The second kappa shape index (κ2) is 6.83. The SMILES string of the molecule is CN1C(=O)N(C)[C@@]2(Oc3c([O-])cc4c(c3C3=C2C(=O)c2c(CCN)c[nH]c2C3=O)CC[N+]4(C)C)C1=O. The van der Waals surface area contributed by atoms with Crippen molar-refractivity contribution in [2.75, 3.05) is 41.3 Å². The number of likely N-dealkylation sites (N-methyl/N-ethyl adjacent to an activating group) is 3. The van der Waals surface area contributed by atoms with Crippen LogP contribution in [0.1, 0.15) is 37.5 Å². The zero-order chi connectivity index (χ0) is 25.9. The van der Waals surface area contributed by atoms with Gasteiger partial charge in [-0.25, -0.2) is 4.79 Å². The fourth-order valence-corrected chi connectivity index (χ4v) is 6.03. The second-order valence-electron chi connectivity index (χ2n) is 10.2. The van der Waals surface area contributed by atoms with Crippen LogP contribution in [0.5, 0.6) is 11.5 Å². The quantitative estimate of drug-likeness (QED) is 0.449. The third kappa shape index (κ3) is 2.39. The first-order chi connectivity index (χ1) is 17.0. The van der Waals surface area contributed by atoms with E-state index in [2.05, 4.69) is 4.98 Å². The molecule has 186 valence electrons. The van der Waals surface area contributed by atoms with E-state index in [1.165, 1.54) is 20.2 Å². The van der Waals surface area contributed by atoms with Crippen LogP contribution in [0.25, 0.3) is 5.57 Å². The predicted octanol–water partition coefficient (Wildman–Crippen LogP) is 0.158. The van der Waals surface area contributed by atoms with Gasteiger partial charge < -0.3 is 20.6 Å². The number of fused-ring (bicyclic) bond motifs is 6. The lowest BCUT2D eigenvalue weighted by molar-refractivity contribution is -0.271. The van der Waals surface area contributed by atoms with Gasteiger partial charge in [-0.05, 0) is 24.6 Å². The van der Waals surface area contributed by atoms with Crippen LogP contribution in [0, 0.1) is 0 Å². The molecule has 11 heteroatoms. The number of ketones is 2. The molecule has 1 spiro atoms. The van der Waals surface area contributed by atoms with E-state index in [0.717, 1.165) is 21.1 Å². The molecule has 1 aromatic heterocycles. The highest BCUT2D eigenvalue weighted by molar-refractivity contribution is 6.43. The molecule has 11 nitrogen and oxygen atoms in total. The number of aromatic nitrogens is 1. The Hall–Kier alpha value is -3.96. The first-order valence-electron chi connectivity index (χ1n) is 11.7. The maximum atomic E-state index is 14.2. The van der Waals surface area contributed by atoms with Crippen LogP contribution in [0.15, 0.2) is 17.8 Å². The van der Waals surface area contributed by atoms with Gasteiger partial charge in [-0.3, -0.25) is 28.7 Å². The number of benzene rings is 1. The lowest BCUT2D eigenvalue weighted by Gasteiger charge is -2.42. The van der Waals surface area contributed by atoms with Crippen molar-refractivity contribution in [1.82, 2.24) is 19.3 Å². The maximum absolute atomic E-state index is 14.2. The standard InChI is InChI=1S/C25H25N5O6/c1-28-23(34)25(29(2)24(28)35)18-17(21(33)19-15(20(18)32)11(5-7-26)10-27-19)16-12-6-8-30(3,4)13(12)9-14(31)22(16)36-25/h9-10H,5-8,26H2,1-4H3,(H-,27,31,32,33)/t25-/m0/s1. The van der Waals surface area contributed by atoms with Crippen LogP contribution in [-0.2, 0) is 17.6 Å². The molecular formula is C25H25N5O6. The third-order valence-corrected chi connectivity index (χ3v) is 7.92. The Morgan fingerprint density at radius 3 is 2.53 bits per heavy atom. The average Bonchev–Trinajstić information content (AvgIpc) is 3.44. The van der Waals surface area contributed by atoms with Crippen molar-refractivity contribution in [2.24, 2.45) is 5.73 Å². The largest absolute Gasteiger partial charge is 0.870 e. The minimum absolute atomic E-state index is 0.0611. The van der Waals surface area contributed by atoms with Gasteiger partial charge in [0.2, 0.25) is 5.78 Å². The van der Waals surface area contributed by atoms with Crippen molar-refractivity contribution >= 4 is 34.8 Å². The van der Waals surface area contributed by atoms with Gasteiger partial charge in [-0.1, -0.05) is 5.75 Å². The summed E-state index contributed by atoms with van der Waals surface area (Å²) in [6.07, 6.45) is 2.43. The number of hydrogen-bond donors (Lipinski definition) is 2. The molecule has 1 aliphatic carbocycles. The molecule has 1 aromatic carbocycles. The number of nitrogens with one attached hydrogen (secondary N) is 1. The van der Waals surface area contributed by atoms with Crippen LogP contribution >= 0.6 is 0 Å². The number of aromatic amines is 1. The van der Waals surface area contributed by atoms with Crippen molar-refractivity contribution < 1.29 is 29.0 Å². The fourth-order valence-electron chi connectivity index (χ4n) is 6.03. The van der Waals surface area contributed by atoms with Crippen molar-refractivity contribution in [3.63, 3.8) is 0 Å². The minimum atomic E-state index is -2.27. The number of rotatable bonds is 2. The van der Waals surface area contributed by atoms with E-state index in [0.29, 0.717) is 29.4 Å². The lowest BCUT2D eigenvalue weighted by Crippen LogP contribution is -2.59. The summed E-state index contributed by atoms with van der Waals surface area (Å²) < 4.78 is 6.60. The summed E-state index contributed by atoms with van der Waals surface area (Å²) in [5.41, 5.74) is 5.58. The van der Waals surface area contributed by atoms with Crippen molar-refractivity contribution in [3.8, 4) is 11.5 Å². The number of nitrogens with zero attached hydrogens (tertiary/aromatic N) is 3. The number of nitrogens with two attached hydrogens (primary N) is 1. The number of Topliss-reactive ketones (excluding diaryl/α,β-unsaturated/α-hetero) is 2. The molecule has 1 atom stereocenters. The van der Waals surface area contributed by atoms with Crippen molar-refractivity contribution in [3.05, 3.63) is 45.8 Å². The van der Waals surface area contributed by atoms with Gasteiger partial charge in [-0.2, -0.15) is 0 Å². The van der Waals surface area contributed by atoms with Gasteiger partial charge >= 0.3 is 11.9 Å². The summed E-state index contributed by atoms with van der Waals surface area (Å²) in [5, 5.41) is 13.4. The molecule has 0 bridgehead atoms. The number of H-pyrrole nitrogens is 1. The van der Waals surface area contributed by atoms with E-state index >= 15 is 0 Å². The number of hydrogen-bond acceptors (Lipinski definition) is 7. The Bertz CT molecular complexity index is 1480. The Labute approximate surface area is 206 Å². The molecular weight excluding hydrogens is 466 g/mol. The minimum Gasteiger partial charge on any atom is -0.870 e. The summed E-state index contributed by atoms with van der Waals surface area (Å²) in [6, 6.07) is 0.740. The molecule has 1 saturated heterocycles. The number of quaternary nitrogens is 1. The molecule has 0 saturated carbocycles. The van der Waals surface area contributed by atoms with Crippen LogP contribution in [0.4, 0.5) is 10.5 Å². The highest BCUT2D eigenvalue weighted by Crippen LogP contribution is 2.56. The summed E-state index contributed by atoms with van der Waals surface area (Å²) in [4.78, 5) is 59.6. The van der Waals surface area contributed by atoms with E-state index in [1.807, 2.05) is 14.1 Å². The zero-order valence-electron chi connectivity index (χ0n) is 20.4. The first-order valence-corrected chi connectivity index (χ1v) is 11.7. The number of ether oxygens (including phenoxy) is 1. The number of amides is 3. The summed E-state index contributed by atoms with van der Waals surface area (Å²) in [7, 11) is 6.50. The number of carbonyl (C=O) groups is 4. The Balaban J connectivity index is 1.75. The highest BCUT2D eigenvalue weighted by atomic mass is 16.5. The number of allylic oxidation sites excluding steroid dienone is 1. The second-order valence-corrected chi connectivity index (χ2v) is 10.2. The van der Waals surface area contributed by atoms with Gasteiger partial charge in [0.1, 0.15) is 11.4 Å². The molecule has 2 aromatic rings. The maximum Gasteiger partial charge on any atom is 0.330 e. The topological polar surface area (TPSA) is 149 Å². The molecule has 4 aliphatic rings. The third-order valence-electron chi connectivity index (χ3n) is 7.92. The highest BCUT2D eigenvalue weighted by Gasteiger charge is 2.66. The van der Waals surface area contributed by atoms with Crippen molar-refractivity contribution in [2.45, 2.75) is 18.6 Å². The van der Waals surface area contributed by atoms with E-state index in [-0.39, 0.29) is 40.3 Å². The molecule has 0 radical (unpaired) electrons. The van der Waals surface area contributed by atoms with Crippen LogP contribution in [0.3, 0.4) is 0 Å². The van der Waals surface area contributed by atoms with Gasteiger partial charge in [0, 0.05) is 43.4 Å². The molecule has 3 N–H and O–H groups in total. The number of carbonyl (C=O) groups excluding carboxylic acids is 4. The Morgan fingerprint density at radius 1 is 1.17 bits per heavy atom. The Kier molecular flexibility index (Phi) is 4.27. The number of imide groups is 1. The van der Waals surface area contributed by atoms with Gasteiger partial charge in [0.15, 0.2) is 5.78 Å². The molecule has 36 heavy (non-hydrogen) atoms. The first kappa shape index (κ1) is 22.5. The monoisotopic (exact) mass is 491 g/mol. The van der Waals surface area contributed by atoms with E-state index in [9.17, 15) is 24.3 Å². The van der Waals surface area contributed by atoms with Gasteiger partial charge in [0.25, 0.3) is 5.72 Å². The lowest BCUT2D eigenvalue weighted by atomic mass is 9.75. The summed E-state index contributed by atoms with van der Waals surface area (Å²) in [6.45, 7) is 0.915. The normalized spacial score (nSPS) is 23.8. The molecule has 3 amide bonds. The predicted molar refractivity (Wildman–Crippen MR) is 127 cm³/mol. The Morgan fingerprint density at radius 2 is 1.89 bits per heavy atom. The fraction of sp³-hybridized carbons (Fsp3) is 0.360. The van der Waals surface area contributed by atoms with Crippen molar-refractivity contribution in [1.29, 1.82) is 0 Å². The molecule has 0 unspecified atom stereocenters. The van der Waals surface area contributed by atoms with Crippen LogP contribution in [-0.4, -0.2) is 85.3 Å². The van der Waals surface area contributed by atoms with E-state index < -0.39 is 35.0 Å². The molecule has 6 rings (SSSR count). The smallest absolute Gasteiger partial charge is 0.330 e. The molecule has 4 heterocycles. The molecule has 1 fully saturated rings. The number of urea groups is 1. The summed E-state index contributed by atoms with van der Waals surface area (Å²) >= 11 is 0. The average molecular weight is 492 g/mol. The van der Waals surface area contributed by atoms with Gasteiger partial charge in [0.05, 0.1) is 37.5 Å². The van der Waals surface area contributed by atoms with E-state index in [1.54, 1.807) is 6.20 Å². The van der Waals surface area contributed by atoms with Crippen LogP contribution < -0.4 is 20.1 Å². The van der Waals surface area contributed by atoms with Gasteiger partial charge in [-0.15, -0.1) is 0 Å². The summed E-state index contributed by atoms with van der Waals surface area (Å²) in [5.74, 6) is -2.69. The van der Waals surface area contributed by atoms with E-state index in [4.69, 9.17) is 10.5 Å². The zero-order valence-corrected chi connectivity index (χ0v) is 20.4. The molecule has 3 aliphatic heterocycles. The van der Waals surface area contributed by atoms with Crippen LogP contribution in [0.2, 0.25) is 0 Å².